The van der Waals surface area contributed by atoms with Gasteiger partial charge in [-0.3, -0.25) is 10.7 Å². The van der Waals surface area contributed by atoms with Gasteiger partial charge >= 0.3 is 6.03 Å². The molecule has 2 rings (SSSR count). The Morgan fingerprint density at radius 1 is 1.33 bits per heavy atom. The van der Waals surface area contributed by atoms with Crippen molar-refractivity contribution in [3.63, 3.8) is 0 Å². The lowest BCUT2D eigenvalue weighted by atomic mass is 10.2. The van der Waals surface area contributed by atoms with Crippen LogP contribution in [0.1, 0.15) is 0 Å². The Balaban J connectivity index is 0.00000112. The van der Waals surface area contributed by atoms with Crippen molar-refractivity contribution in [2.75, 3.05) is 23.4 Å². The second-order valence-corrected chi connectivity index (χ2v) is 3.07. The molecule has 1 aromatic rings. The number of nitrogens with two attached hydrogens (primary N) is 1. The first-order valence-electron chi connectivity index (χ1n) is 4.43. The third kappa shape index (κ3) is 2.31. The van der Waals surface area contributed by atoms with Crippen LogP contribution in [0.15, 0.2) is 24.3 Å². The Morgan fingerprint density at radius 3 is 2.47 bits per heavy atom. The maximum absolute atomic E-state index is 11.3. The molecule has 5 nitrogen and oxygen atoms in total. The van der Waals surface area contributed by atoms with Crippen LogP contribution in [0.5, 0.6) is 0 Å². The molecule has 1 fully saturated rings. The number of anilines is 2. The van der Waals surface area contributed by atoms with E-state index in [2.05, 4.69) is 10.7 Å². The van der Waals surface area contributed by atoms with Crippen molar-refractivity contribution in [2.24, 2.45) is 5.84 Å². The number of carbonyl (C=O) groups is 1. The number of hydrazine groups is 1. The summed E-state index contributed by atoms with van der Waals surface area (Å²) in [5.41, 5.74) is 4.25. The number of nitrogens with zero attached hydrogens (tertiary/aromatic N) is 1. The Morgan fingerprint density at radius 2 is 2.00 bits per heavy atom. The highest BCUT2D eigenvalue weighted by Gasteiger charge is 2.20. The van der Waals surface area contributed by atoms with E-state index in [9.17, 15) is 4.79 Å². The first kappa shape index (κ1) is 11.6. The van der Waals surface area contributed by atoms with Crippen molar-refractivity contribution in [3.8, 4) is 0 Å². The zero-order valence-electron chi connectivity index (χ0n) is 8.06. The SMILES string of the molecule is Cl.NNc1ccc(N2CCNC2=O)cc1. The smallest absolute Gasteiger partial charge is 0.321 e. The molecule has 0 bridgehead atoms. The summed E-state index contributed by atoms with van der Waals surface area (Å²) >= 11 is 0. The fourth-order valence-electron chi connectivity index (χ4n) is 1.46. The molecule has 1 heterocycles. The first-order chi connectivity index (χ1) is 6.81. The van der Waals surface area contributed by atoms with Crippen molar-refractivity contribution in [1.82, 2.24) is 5.32 Å². The number of rotatable bonds is 2. The van der Waals surface area contributed by atoms with Gasteiger partial charge < -0.3 is 10.7 Å². The molecular weight excluding hydrogens is 216 g/mol. The monoisotopic (exact) mass is 228 g/mol. The second-order valence-electron chi connectivity index (χ2n) is 3.07. The van der Waals surface area contributed by atoms with Crippen LogP contribution < -0.4 is 21.5 Å². The molecule has 0 unspecified atom stereocenters. The van der Waals surface area contributed by atoms with Crippen LogP contribution in [0.2, 0.25) is 0 Å². The molecule has 0 saturated carbocycles. The maximum Gasteiger partial charge on any atom is 0.321 e. The predicted molar refractivity (Wildman–Crippen MR) is 62.2 cm³/mol. The van der Waals surface area contributed by atoms with Crippen LogP contribution in [-0.2, 0) is 0 Å². The lowest BCUT2D eigenvalue weighted by molar-refractivity contribution is 0.252. The van der Waals surface area contributed by atoms with Gasteiger partial charge in [-0.2, -0.15) is 0 Å². The average Bonchev–Trinajstić information content (AvgIpc) is 2.65. The van der Waals surface area contributed by atoms with Crippen molar-refractivity contribution in [3.05, 3.63) is 24.3 Å². The standard InChI is InChI=1S/C9H12N4O.ClH/c10-12-7-1-3-8(4-2-7)13-6-5-11-9(13)14;/h1-4,12H,5-6,10H2,(H,11,14);1H. The molecule has 0 aromatic heterocycles. The van der Waals surface area contributed by atoms with Crippen molar-refractivity contribution >= 4 is 29.8 Å². The Hall–Kier alpha value is -1.46. The normalized spacial score (nSPS) is 14.5. The molecule has 82 valence electrons. The summed E-state index contributed by atoms with van der Waals surface area (Å²) in [5, 5.41) is 2.74. The van der Waals surface area contributed by atoms with E-state index in [1.54, 1.807) is 4.90 Å². The first-order valence-corrected chi connectivity index (χ1v) is 4.43. The van der Waals surface area contributed by atoms with Crippen LogP contribution in [0.4, 0.5) is 16.2 Å². The van der Waals surface area contributed by atoms with E-state index >= 15 is 0 Å². The summed E-state index contributed by atoms with van der Waals surface area (Å²) in [6.45, 7) is 1.42. The molecule has 0 spiro atoms. The van der Waals surface area contributed by atoms with Crippen LogP contribution in [0, 0.1) is 0 Å². The number of nitrogen functional groups attached to an aromatic ring is 1. The molecule has 0 aliphatic carbocycles. The van der Waals surface area contributed by atoms with Gasteiger partial charge in [-0.25, -0.2) is 4.79 Å². The highest BCUT2D eigenvalue weighted by atomic mass is 35.5. The maximum atomic E-state index is 11.3. The summed E-state index contributed by atoms with van der Waals surface area (Å²) in [7, 11) is 0. The molecule has 1 saturated heterocycles. The lowest BCUT2D eigenvalue weighted by Crippen LogP contribution is -2.27. The zero-order chi connectivity index (χ0) is 9.97. The molecule has 1 aliphatic rings. The van der Waals surface area contributed by atoms with Gasteiger partial charge in [-0.15, -0.1) is 12.4 Å². The molecule has 15 heavy (non-hydrogen) atoms. The van der Waals surface area contributed by atoms with Crippen molar-refractivity contribution in [2.45, 2.75) is 0 Å². The van der Waals surface area contributed by atoms with Crippen LogP contribution in [-0.4, -0.2) is 19.1 Å². The van der Waals surface area contributed by atoms with E-state index in [1.165, 1.54) is 0 Å². The number of urea groups is 1. The Kier molecular flexibility index (Phi) is 3.76. The molecular formula is C9H13ClN4O. The minimum Gasteiger partial charge on any atom is -0.336 e. The van der Waals surface area contributed by atoms with Gasteiger partial charge in [0.1, 0.15) is 0 Å². The molecule has 2 amide bonds. The summed E-state index contributed by atoms with van der Waals surface area (Å²) < 4.78 is 0. The van der Waals surface area contributed by atoms with E-state index in [1.807, 2.05) is 24.3 Å². The number of hydrogen-bond donors (Lipinski definition) is 3. The predicted octanol–water partition coefficient (Wildman–Crippen LogP) is 0.924. The summed E-state index contributed by atoms with van der Waals surface area (Å²) in [6.07, 6.45) is 0. The van der Waals surface area contributed by atoms with Gasteiger partial charge in [0.2, 0.25) is 0 Å². The minimum atomic E-state index is -0.0431. The van der Waals surface area contributed by atoms with Crippen molar-refractivity contribution < 1.29 is 4.79 Å². The minimum absolute atomic E-state index is 0. The molecule has 1 aliphatic heterocycles. The molecule has 1 aromatic carbocycles. The van der Waals surface area contributed by atoms with Gasteiger partial charge in [0.15, 0.2) is 0 Å². The van der Waals surface area contributed by atoms with E-state index in [0.717, 1.165) is 11.4 Å². The fourth-order valence-corrected chi connectivity index (χ4v) is 1.46. The Labute approximate surface area is 94.0 Å². The lowest BCUT2D eigenvalue weighted by Gasteiger charge is -2.14. The number of carbonyl (C=O) groups excluding carboxylic acids is 1. The molecule has 0 atom stereocenters. The van der Waals surface area contributed by atoms with Crippen molar-refractivity contribution in [1.29, 1.82) is 0 Å². The van der Waals surface area contributed by atoms with Gasteiger partial charge in [0.25, 0.3) is 0 Å². The van der Waals surface area contributed by atoms with Crippen LogP contribution in [0.25, 0.3) is 0 Å². The summed E-state index contributed by atoms with van der Waals surface area (Å²) in [5.74, 6) is 5.24. The third-order valence-corrected chi connectivity index (χ3v) is 2.20. The second kappa shape index (κ2) is 4.86. The van der Waals surface area contributed by atoms with Gasteiger partial charge in [0, 0.05) is 24.5 Å². The number of benzene rings is 1. The number of hydrogen-bond acceptors (Lipinski definition) is 3. The van der Waals surface area contributed by atoms with E-state index in [4.69, 9.17) is 5.84 Å². The van der Waals surface area contributed by atoms with Gasteiger partial charge in [-0.1, -0.05) is 0 Å². The average molecular weight is 229 g/mol. The Bertz CT molecular complexity index is 340. The van der Waals surface area contributed by atoms with Crippen LogP contribution in [0.3, 0.4) is 0 Å². The molecule has 0 radical (unpaired) electrons. The van der Waals surface area contributed by atoms with E-state index in [0.29, 0.717) is 13.1 Å². The number of nitrogens with one attached hydrogen (secondary N) is 2. The third-order valence-electron chi connectivity index (χ3n) is 2.20. The quantitative estimate of drug-likeness (QED) is 0.521. The van der Waals surface area contributed by atoms with Gasteiger partial charge in [-0.05, 0) is 24.3 Å². The van der Waals surface area contributed by atoms with E-state index in [-0.39, 0.29) is 18.4 Å². The van der Waals surface area contributed by atoms with Crippen LogP contribution >= 0.6 is 12.4 Å². The number of halogens is 1. The number of amides is 2. The highest BCUT2D eigenvalue weighted by Crippen LogP contribution is 2.18. The molecule has 4 N–H and O–H groups in total. The zero-order valence-corrected chi connectivity index (χ0v) is 8.88. The fraction of sp³-hybridized carbons (Fsp3) is 0.222. The van der Waals surface area contributed by atoms with E-state index < -0.39 is 0 Å². The topological polar surface area (TPSA) is 70.4 Å². The largest absolute Gasteiger partial charge is 0.336 e. The van der Waals surface area contributed by atoms with Gasteiger partial charge in [0.05, 0.1) is 0 Å². The summed E-state index contributed by atoms with van der Waals surface area (Å²) in [6, 6.07) is 7.35. The molecule has 6 heteroatoms. The highest BCUT2D eigenvalue weighted by molar-refractivity contribution is 5.94. The summed E-state index contributed by atoms with van der Waals surface area (Å²) in [4.78, 5) is 13.0.